The molecule has 0 aliphatic carbocycles. The smallest absolute Gasteiger partial charge is 0.0417 e. The summed E-state index contributed by atoms with van der Waals surface area (Å²) in [5.74, 6) is 1.87. The fourth-order valence-corrected chi connectivity index (χ4v) is 4.83. The van der Waals surface area contributed by atoms with Gasteiger partial charge in [0.2, 0.25) is 0 Å². The molecule has 30 heavy (non-hydrogen) atoms. The molecule has 2 unspecified atom stereocenters. The Labute approximate surface area is 193 Å². The highest BCUT2D eigenvalue weighted by Gasteiger charge is 2.11. The lowest BCUT2D eigenvalue weighted by Gasteiger charge is -2.19. The first-order valence-corrected chi connectivity index (χ1v) is 14.7. The minimum atomic E-state index is 0.937. The normalized spacial score (nSPS) is 13.6. The zero-order chi connectivity index (χ0) is 22.1. The van der Waals surface area contributed by atoms with Crippen molar-refractivity contribution < 1.29 is 0 Å². The maximum Gasteiger partial charge on any atom is -0.0417 e. The fourth-order valence-electron chi connectivity index (χ4n) is 4.83. The molecular weight excluding hydrogens is 360 g/mol. The first kappa shape index (κ1) is 30.0. The van der Waals surface area contributed by atoms with Crippen LogP contribution in [0, 0.1) is 11.8 Å². The second-order valence-corrected chi connectivity index (χ2v) is 10.6. The molecule has 0 saturated heterocycles. The van der Waals surface area contributed by atoms with E-state index < -0.39 is 0 Å². The van der Waals surface area contributed by atoms with Crippen molar-refractivity contribution in [3.8, 4) is 0 Å². The van der Waals surface area contributed by atoms with E-state index in [0.717, 1.165) is 11.8 Å². The van der Waals surface area contributed by atoms with Gasteiger partial charge in [0.25, 0.3) is 0 Å². The van der Waals surface area contributed by atoms with Crippen molar-refractivity contribution in [2.45, 2.75) is 182 Å². The average Bonchev–Trinajstić information content (AvgIpc) is 2.75. The van der Waals surface area contributed by atoms with Gasteiger partial charge in [0.05, 0.1) is 0 Å². The molecular formula is C30H62. The maximum atomic E-state index is 2.51. The molecule has 0 spiro atoms. The Morgan fingerprint density at radius 3 is 0.733 bits per heavy atom. The van der Waals surface area contributed by atoms with Crippen molar-refractivity contribution >= 4 is 0 Å². The summed E-state index contributed by atoms with van der Waals surface area (Å²) in [4.78, 5) is 0. The molecule has 0 bridgehead atoms. The van der Waals surface area contributed by atoms with Gasteiger partial charge in [0.1, 0.15) is 0 Å². The van der Waals surface area contributed by atoms with Gasteiger partial charge in [-0.1, -0.05) is 182 Å². The molecule has 0 fully saturated rings. The van der Waals surface area contributed by atoms with Crippen LogP contribution < -0.4 is 0 Å². The highest BCUT2D eigenvalue weighted by Crippen LogP contribution is 2.24. The lowest BCUT2D eigenvalue weighted by molar-refractivity contribution is 0.322. The van der Waals surface area contributed by atoms with Gasteiger partial charge >= 0.3 is 0 Å². The van der Waals surface area contributed by atoms with Gasteiger partial charge < -0.3 is 0 Å². The molecule has 0 radical (unpaired) electrons. The molecule has 0 heterocycles. The second kappa shape index (κ2) is 25.3. The fraction of sp³-hybridized carbons (Fsp3) is 1.00. The Morgan fingerprint density at radius 1 is 0.300 bits per heavy atom. The molecule has 0 rings (SSSR count). The van der Waals surface area contributed by atoms with Crippen LogP contribution in [0.3, 0.4) is 0 Å². The second-order valence-electron chi connectivity index (χ2n) is 10.6. The van der Waals surface area contributed by atoms with E-state index in [4.69, 9.17) is 0 Å². The standard InChI is InChI=1S/C30H62/c1-5-7-9-11-13-15-17-19-21-23-25-27-29(3)30(4)28-26-24-22-20-18-16-14-12-10-8-6-2/h29-30H,5-28H2,1-4H3. The van der Waals surface area contributed by atoms with E-state index in [1.54, 1.807) is 0 Å². The predicted molar refractivity (Wildman–Crippen MR) is 140 cm³/mol. The van der Waals surface area contributed by atoms with Crippen molar-refractivity contribution in [1.82, 2.24) is 0 Å². The van der Waals surface area contributed by atoms with Crippen molar-refractivity contribution in [2.24, 2.45) is 11.8 Å². The van der Waals surface area contributed by atoms with Crippen LogP contribution in [0.1, 0.15) is 182 Å². The molecule has 0 aliphatic heterocycles. The first-order chi connectivity index (χ1) is 14.7. The van der Waals surface area contributed by atoms with Gasteiger partial charge in [-0.05, 0) is 11.8 Å². The Hall–Kier alpha value is 0. The third-order valence-corrected chi connectivity index (χ3v) is 7.50. The third-order valence-electron chi connectivity index (χ3n) is 7.50. The van der Waals surface area contributed by atoms with Crippen LogP contribution >= 0.6 is 0 Å². The highest BCUT2D eigenvalue weighted by atomic mass is 14.2. The van der Waals surface area contributed by atoms with E-state index in [9.17, 15) is 0 Å². The molecule has 0 heteroatoms. The molecule has 0 aromatic carbocycles. The summed E-state index contributed by atoms with van der Waals surface area (Å²) in [6.07, 6.45) is 35.2. The summed E-state index contributed by atoms with van der Waals surface area (Å²) >= 11 is 0. The van der Waals surface area contributed by atoms with Crippen LogP contribution in [0.15, 0.2) is 0 Å². The Balaban J connectivity index is 3.29. The molecule has 0 saturated carbocycles. The van der Waals surface area contributed by atoms with Gasteiger partial charge in [-0.15, -0.1) is 0 Å². The first-order valence-electron chi connectivity index (χ1n) is 14.7. The molecule has 182 valence electrons. The molecule has 0 amide bonds. The van der Waals surface area contributed by atoms with Crippen molar-refractivity contribution in [3.05, 3.63) is 0 Å². The van der Waals surface area contributed by atoms with E-state index in [1.165, 1.54) is 154 Å². The third kappa shape index (κ3) is 22.7. The van der Waals surface area contributed by atoms with Crippen LogP contribution in [0.2, 0.25) is 0 Å². The molecule has 0 aromatic heterocycles. The molecule has 2 atom stereocenters. The van der Waals surface area contributed by atoms with Gasteiger partial charge in [0.15, 0.2) is 0 Å². The monoisotopic (exact) mass is 422 g/mol. The number of hydrogen-bond donors (Lipinski definition) is 0. The SMILES string of the molecule is CCCCCCCCCCCCCC(C)C(C)CCCCCCCCCCCCC. The summed E-state index contributed by atoms with van der Waals surface area (Å²) in [5, 5.41) is 0. The Kier molecular flexibility index (Phi) is 25.3. The Bertz CT molecular complexity index is 264. The van der Waals surface area contributed by atoms with Gasteiger partial charge in [0, 0.05) is 0 Å². The highest BCUT2D eigenvalue weighted by molar-refractivity contribution is 4.63. The lowest BCUT2D eigenvalue weighted by atomic mass is 9.86. The predicted octanol–water partition coefficient (Wildman–Crippen LogP) is 11.7. The topological polar surface area (TPSA) is 0 Å². The minimum absolute atomic E-state index is 0.937. The zero-order valence-corrected chi connectivity index (χ0v) is 22.1. The summed E-state index contributed by atoms with van der Waals surface area (Å²) in [5.41, 5.74) is 0. The van der Waals surface area contributed by atoms with Crippen LogP contribution in [0.25, 0.3) is 0 Å². The molecule has 0 aromatic rings. The van der Waals surface area contributed by atoms with Crippen LogP contribution in [-0.4, -0.2) is 0 Å². The van der Waals surface area contributed by atoms with Gasteiger partial charge in [-0.3, -0.25) is 0 Å². The largest absolute Gasteiger partial charge is 0.0654 e. The van der Waals surface area contributed by atoms with Crippen LogP contribution in [-0.2, 0) is 0 Å². The van der Waals surface area contributed by atoms with Crippen molar-refractivity contribution in [2.75, 3.05) is 0 Å². The zero-order valence-electron chi connectivity index (χ0n) is 22.1. The molecule has 0 N–H and O–H groups in total. The van der Waals surface area contributed by atoms with Crippen LogP contribution in [0.4, 0.5) is 0 Å². The van der Waals surface area contributed by atoms with E-state index >= 15 is 0 Å². The van der Waals surface area contributed by atoms with E-state index in [1.807, 2.05) is 0 Å². The summed E-state index contributed by atoms with van der Waals surface area (Å²) < 4.78 is 0. The molecule has 0 aliphatic rings. The van der Waals surface area contributed by atoms with Gasteiger partial charge in [-0.2, -0.15) is 0 Å². The summed E-state index contributed by atoms with van der Waals surface area (Å²) in [6.45, 7) is 9.64. The molecule has 0 nitrogen and oxygen atoms in total. The van der Waals surface area contributed by atoms with E-state index in [0.29, 0.717) is 0 Å². The maximum absolute atomic E-state index is 2.51. The quantitative estimate of drug-likeness (QED) is 0.128. The van der Waals surface area contributed by atoms with Crippen molar-refractivity contribution in [3.63, 3.8) is 0 Å². The lowest BCUT2D eigenvalue weighted by Crippen LogP contribution is -2.08. The average molecular weight is 423 g/mol. The summed E-state index contributed by atoms with van der Waals surface area (Å²) in [6, 6.07) is 0. The van der Waals surface area contributed by atoms with Gasteiger partial charge in [-0.25, -0.2) is 0 Å². The minimum Gasteiger partial charge on any atom is -0.0654 e. The van der Waals surface area contributed by atoms with E-state index in [2.05, 4.69) is 27.7 Å². The Morgan fingerprint density at radius 2 is 0.500 bits per heavy atom. The van der Waals surface area contributed by atoms with E-state index in [-0.39, 0.29) is 0 Å². The number of unbranched alkanes of at least 4 members (excludes halogenated alkanes) is 20. The number of hydrogen-bond acceptors (Lipinski definition) is 0. The van der Waals surface area contributed by atoms with Crippen LogP contribution in [0.5, 0.6) is 0 Å². The summed E-state index contributed by atoms with van der Waals surface area (Å²) in [7, 11) is 0. The number of rotatable bonds is 25. The van der Waals surface area contributed by atoms with Crippen molar-refractivity contribution in [1.29, 1.82) is 0 Å².